The van der Waals surface area contributed by atoms with E-state index in [1.54, 1.807) is 25.7 Å². The van der Waals surface area contributed by atoms with Gasteiger partial charge in [0.05, 0.1) is 18.1 Å². The van der Waals surface area contributed by atoms with Crippen LogP contribution >= 0.6 is 0 Å². The molecule has 7 heteroatoms. The van der Waals surface area contributed by atoms with Crippen molar-refractivity contribution in [3.8, 4) is 0 Å². The van der Waals surface area contributed by atoms with Gasteiger partial charge in [0.1, 0.15) is 5.69 Å². The van der Waals surface area contributed by atoms with Gasteiger partial charge in [-0.05, 0) is 45.6 Å². The number of nitrogens with one attached hydrogen (secondary N) is 2. The van der Waals surface area contributed by atoms with E-state index in [1.165, 1.54) is 0 Å². The second-order valence-corrected chi connectivity index (χ2v) is 6.73. The lowest BCUT2D eigenvalue weighted by atomic mass is 9.96. The molecule has 2 amide bonds. The van der Waals surface area contributed by atoms with Crippen molar-refractivity contribution < 1.29 is 19.1 Å². The normalized spacial score (nSPS) is 17.1. The van der Waals surface area contributed by atoms with Crippen molar-refractivity contribution in [2.24, 2.45) is 5.92 Å². The van der Waals surface area contributed by atoms with E-state index < -0.39 is 5.97 Å². The highest BCUT2D eigenvalue weighted by atomic mass is 16.5. The Bertz CT molecular complexity index is 681. The number of likely N-dealkylation sites (tertiary alicyclic amines) is 1. The molecular weight excluding hydrogens is 334 g/mol. The highest BCUT2D eigenvalue weighted by molar-refractivity contribution is 6.00. The lowest BCUT2D eigenvalue weighted by Crippen LogP contribution is -2.45. The third-order valence-corrected chi connectivity index (χ3v) is 4.76. The molecule has 7 nitrogen and oxygen atoms in total. The average Bonchev–Trinajstić information content (AvgIpc) is 2.93. The number of aryl methyl sites for hydroxylation is 1. The van der Waals surface area contributed by atoms with Gasteiger partial charge >= 0.3 is 5.97 Å². The number of hydrogen-bond donors (Lipinski definition) is 2. The monoisotopic (exact) mass is 363 g/mol. The number of rotatable bonds is 6. The highest BCUT2D eigenvalue weighted by Crippen LogP contribution is 2.23. The molecule has 0 bridgehead atoms. The largest absolute Gasteiger partial charge is 0.462 e. The minimum Gasteiger partial charge on any atom is -0.462 e. The Morgan fingerprint density at radius 2 is 2.00 bits per heavy atom. The number of ether oxygens (including phenoxy) is 1. The smallest absolute Gasteiger partial charge is 0.340 e. The fourth-order valence-corrected chi connectivity index (χ4v) is 3.40. The number of H-pyrrole nitrogens is 1. The van der Waals surface area contributed by atoms with Crippen LogP contribution < -0.4 is 5.32 Å². The Labute approximate surface area is 154 Å². The number of esters is 1. The Morgan fingerprint density at radius 1 is 1.27 bits per heavy atom. The minimum atomic E-state index is -0.423. The summed E-state index contributed by atoms with van der Waals surface area (Å²) in [7, 11) is 0. The molecule has 1 aliphatic heterocycles. The number of carbonyl (C=O) groups excluding carboxylic acids is 3. The molecule has 1 aromatic rings. The summed E-state index contributed by atoms with van der Waals surface area (Å²) in [5.41, 5.74) is 2.05. The summed E-state index contributed by atoms with van der Waals surface area (Å²) in [6.07, 6.45) is 2.47. The lowest BCUT2D eigenvalue weighted by Gasteiger charge is -2.32. The zero-order valence-electron chi connectivity index (χ0n) is 16.1. The Hall–Kier alpha value is -2.31. The maximum Gasteiger partial charge on any atom is 0.340 e. The molecule has 0 radical (unpaired) electrons. The van der Waals surface area contributed by atoms with Gasteiger partial charge in [-0.2, -0.15) is 0 Å². The Kier molecular flexibility index (Phi) is 6.83. The minimum absolute atomic E-state index is 0.0101. The standard InChI is InChI=1S/C19H29N3O4/c1-5-9-20-17(23)14-8-7-10-22(11-14)18(24)16-12(3)15(13(4)21-16)19(25)26-6-2/h14,21H,5-11H2,1-4H3,(H,20,23). The zero-order chi connectivity index (χ0) is 19.3. The van der Waals surface area contributed by atoms with E-state index in [9.17, 15) is 14.4 Å². The third-order valence-electron chi connectivity index (χ3n) is 4.76. The lowest BCUT2D eigenvalue weighted by molar-refractivity contribution is -0.126. The van der Waals surface area contributed by atoms with Gasteiger partial charge in [0.25, 0.3) is 5.91 Å². The second-order valence-electron chi connectivity index (χ2n) is 6.73. The molecule has 1 unspecified atom stereocenters. The maximum atomic E-state index is 13.0. The fraction of sp³-hybridized carbons (Fsp3) is 0.632. The molecule has 144 valence electrons. The number of aromatic amines is 1. The van der Waals surface area contributed by atoms with E-state index in [2.05, 4.69) is 10.3 Å². The SMILES string of the molecule is CCCNC(=O)C1CCCN(C(=O)c2[nH]c(C)c(C(=O)OCC)c2C)C1. The summed E-state index contributed by atoms with van der Waals surface area (Å²) in [6.45, 7) is 9.22. The van der Waals surface area contributed by atoms with E-state index in [0.29, 0.717) is 42.1 Å². The van der Waals surface area contributed by atoms with Crippen LogP contribution in [0.15, 0.2) is 0 Å². The van der Waals surface area contributed by atoms with Crippen LogP contribution in [0.25, 0.3) is 0 Å². The number of nitrogens with zero attached hydrogens (tertiary/aromatic N) is 1. The van der Waals surface area contributed by atoms with Crippen molar-refractivity contribution in [3.63, 3.8) is 0 Å². The van der Waals surface area contributed by atoms with E-state index in [0.717, 1.165) is 19.3 Å². The molecule has 2 rings (SSSR count). The molecule has 2 N–H and O–H groups in total. The summed E-state index contributed by atoms with van der Waals surface area (Å²) < 4.78 is 5.08. The van der Waals surface area contributed by atoms with Crippen molar-refractivity contribution in [3.05, 3.63) is 22.5 Å². The quantitative estimate of drug-likeness (QED) is 0.758. The van der Waals surface area contributed by atoms with E-state index in [4.69, 9.17) is 4.74 Å². The molecular formula is C19H29N3O4. The summed E-state index contributed by atoms with van der Waals surface area (Å²) in [6, 6.07) is 0. The Balaban J connectivity index is 2.14. The molecule has 26 heavy (non-hydrogen) atoms. The summed E-state index contributed by atoms with van der Waals surface area (Å²) >= 11 is 0. The first-order valence-electron chi connectivity index (χ1n) is 9.33. The van der Waals surface area contributed by atoms with Gasteiger partial charge in [0, 0.05) is 25.3 Å². The first kappa shape index (κ1) is 20.0. The van der Waals surface area contributed by atoms with Gasteiger partial charge in [-0.15, -0.1) is 0 Å². The number of hydrogen-bond acceptors (Lipinski definition) is 4. The van der Waals surface area contributed by atoms with Gasteiger partial charge in [0.15, 0.2) is 0 Å². The predicted octanol–water partition coefficient (Wildman–Crippen LogP) is 2.19. The second kappa shape index (κ2) is 8.87. The molecule has 0 aliphatic carbocycles. The van der Waals surface area contributed by atoms with Crippen LogP contribution in [0.3, 0.4) is 0 Å². The van der Waals surface area contributed by atoms with Crippen LogP contribution in [0, 0.1) is 19.8 Å². The van der Waals surface area contributed by atoms with E-state index in [-0.39, 0.29) is 24.3 Å². The number of amides is 2. The van der Waals surface area contributed by atoms with Gasteiger partial charge in [-0.3, -0.25) is 9.59 Å². The third kappa shape index (κ3) is 4.26. The molecule has 2 heterocycles. The molecule has 1 atom stereocenters. The predicted molar refractivity (Wildman–Crippen MR) is 98.2 cm³/mol. The summed E-state index contributed by atoms with van der Waals surface area (Å²) in [4.78, 5) is 42.0. The van der Waals surface area contributed by atoms with Crippen molar-refractivity contribution in [2.45, 2.75) is 47.0 Å². The zero-order valence-corrected chi connectivity index (χ0v) is 16.1. The van der Waals surface area contributed by atoms with E-state index in [1.807, 2.05) is 6.92 Å². The highest BCUT2D eigenvalue weighted by Gasteiger charge is 2.31. The molecule has 1 saturated heterocycles. The average molecular weight is 363 g/mol. The van der Waals surface area contributed by atoms with Crippen molar-refractivity contribution in [1.82, 2.24) is 15.2 Å². The van der Waals surface area contributed by atoms with Crippen LogP contribution in [0.2, 0.25) is 0 Å². The first-order valence-corrected chi connectivity index (χ1v) is 9.33. The number of carbonyl (C=O) groups is 3. The summed E-state index contributed by atoms with van der Waals surface area (Å²) in [5.74, 6) is -0.765. The van der Waals surface area contributed by atoms with Crippen LogP contribution in [-0.2, 0) is 9.53 Å². The molecule has 0 aromatic carbocycles. The van der Waals surface area contributed by atoms with Gasteiger partial charge < -0.3 is 19.9 Å². The van der Waals surface area contributed by atoms with Gasteiger partial charge in [-0.25, -0.2) is 4.79 Å². The first-order chi connectivity index (χ1) is 12.4. The van der Waals surface area contributed by atoms with E-state index >= 15 is 0 Å². The number of piperidine rings is 1. The molecule has 1 aromatic heterocycles. The van der Waals surface area contributed by atoms with Crippen LogP contribution in [0.1, 0.15) is 65.2 Å². The topological polar surface area (TPSA) is 91.5 Å². The van der Waals surface area contributed by atoms with Crippen LogP contribution in [0.5, 0.6) is 0 Å². The maximum absolute atomic E-state index is 13.0. The molecule has 0 spiro atoms. The number of aromatic nitrogens is 1. The van der Waals surface area contributed by atoms with Gasteiger partial charge in [-0.1, -0.05) is 6.92 Å². The van der Waals surface area contributed by atoms with Crippen molar-refractivity contribution in [1.29, 1.82) is 0 Å². The van der Waals surface area contributed by atoms with Gasteiger partial charge in [0.2, 0.25) is 5.91 Å². The van der Waals surface area contributed by atoms with Crippen LogP contribution in [-0.4, -0.2) is 53.9 Å². The molecule has 1 fully saturated rings. The fourth-order valence-electron chi connectivity index (χ4n) is 3.40. The Morgan fingerprint density at radius 3 is 2.65 bits per heavy atom. The molecule has 1 aliphatic rings. The van der Waals surface area contributed by atoms with Crippen molar-refractivity contribution >= 4 is 17.8 Å². The summed E-state index contributed by atoms with van der Waals surface area (Å²) in [5, 5.41) is 2.91. The molecule has 0 saturated carbocycles. The van der Waals surface area contributed by atoms with Crippen LogP contribution in [0.4, 0.5) is 0 Å². The van der Waals surface area contributed by atoms with Crippen molar-refractivity contribution in [2.75, 3.05) is 26.2 Å².